The normalized spacial score (nSPS) is 13.3. The monoisotopic (exact) mass is 284 g/mol. The van der Waals surface area contributed by atoms with E-state index in [1.54, 1.807) is 6.07 Å². The highest BCUT2D eigenvalue weighted by atomic mass is 16.7. The number of hydrogen-bond acceptors (Lipinski definition) is 6. The molecule has 0 spiro atoms. The molecule has 2 N–H and O–H groups in total. The molecule has 3 rings (SSSR count). The molecule has 21 heavy (non-hydrogen) atoms. The molecule has 0 atom stereocenters. The molecule has 0 amide bonds. The van der Waals surface area contributed by atoms with Crippen LogP contribution >= 0.6 is 0 Å². The van der Waals surface area contributed by atoms with E-state index in [0.29, 0.717) is 17.1 Å². The number of ether oxygens (including phenoxy) is 2. The number of fused-ring (bicyclic) bond motifs is 1. The van der Waals surface area contributed by atoms with Gasteiger partial charge in [-0.25, -0.2) is 0 Å². The van der Waals surface area contributed by atoms with Crippen molar-refractivity contribution in [1.29, 1.82) is 0 Å². The summed E-state index contributed by atoms with van der Waals surface area (Å²) in [5, 5.41) is 23.9. The Balaban J connectivity index is 2.24. The van der Waals surface area contributed by atoms with Gasteiger partial charge >= 0.3 is 0 Å². The van der Waals surface area contributed by atoms with Crippen LogP contribution in [0.1, 0.15) is 11.1 Å². The molecule has 2 aromatic rings. The van der Waals surface area contributed by atoms with E-state index in [-0.39, 0.29) is 6.79 Å². The van der Waals surface area contributed by atoms with E-state index < -0.39 is 0 Å². The summed E-state index contributed by atoms with van der Waals surface area (Å²) in [5.74, 6) is 1.13. The first kappa shape index (κ1) is 13.0. The number of nitrogens with zero attached hydrogens (tertiary/aromatic N) is 2. The summed E-state index contributed by atoms with van der Waals surface area (Å²) in [5.41, 5.74) is 2.94. The first-order valence-corrected chi connectivity index (χ1v) is 6.22. The van der Waals surface area contributed by atoms with E-state index >= 15 is 0 Å². The molecule has 0 fully saturated rings. The Kier molecular flexibility index (Phi) is 3.42. The number of benzene rings is 2. The molecule has 1 heterocycles. The molecule has 0 saturated heterocycles. The standard InChI is InChI=1S/C15H12N2O4/c18-16-7-10-3-1-2-4-11(10)12-5-6-14-15(21-9-20-14)13(12)8-17-19/h1-8,18-19H,9H2. The summed E-state index contributed by atoms with van der Waals surface area (Å²) in [7, 11) is 0. The second-order valence-electron chi connectivity index (χ2n) is 4.34. The van der Waals surface area contributed by atoms with Crippen molar-refractivity contribution in [3.63, 3.8) is 0 Å². The van der Waals surface area contributed by atoms with Gasteiger partial charge in [-0.1, -0.05) is 34.6 Å². The van der Waals surface area contributed by atoms with Gasteiger partial charge in [0.2, 0.25) is 6.79 Å². The van der Waals surface area contributed by atoms with Gasteiger partial charge in [-0.15, -0.1) is 0 Å². The Hall–Kier alpha value is -3.02. The lowest BCUT2D eigenvalue weighted by atomic mass is 9.95. The fourth-order valence-corrected chi connectivity index (χ4v) is 2.33. The first-order valence-electron chi connectivity index (χ1n) is 6.22. The molecule has 6 nitrogen and oxygen atoms in total. The van der Waals surface area contributed by atoms with E-state index in [2.05, 4.69) is 10.3 Å². The number of oxime groups is 2. The maximum absolute atomic E-state index is 8.90. The smallest absolute Gasteiger partial charge is 0.231 e. The predicted molar refractivity (Wildman–Crippen MR) is 76.8 cm³/mol. The van der Waals surface area contributed by atoms with Crippen LogP contribution in [0.2, 0.25) is 0 Å². The van der Waals surface area contributed by atoms with Gasteiger partial charge in [0.15, 0.2) is 11.5 Å². The molecule has 0 bridgehead atoms. The quantitative estimate of drug-likeness (QED) is 0.515. The SMILES string of the molecule is ON=Cc1ccccc1-c1ccc2c(c1C=NO)OCO2. The lowest BCUT2D eigenvalue weighted by Gasteiger charge is -2.11. The van der Waals surface area contributed by atoms with Gasteiger partial charge < -0.3 is 19.9 Å². The van der Waals surface area contributed by atoms with Crippen LogP contribution < -0.4 is 9.47 Å². The van der Waals surface area contributed by atoms with Crippen molar-refractivity contribution >= 4 is 12.4 Å². The molecule has 0 unspecified atom stereocenters. The maximum atomic E-state index is 8.90. The first-order chi connectivity index (χ1) is 10.3. The van der Waals surface area contributed by atoms with E-state index in [4.69, 9.17) is 19.9 Å². The largest absolute Gasteiger partial charge is 0.454 e. The van der Waals surface area contributed by atoms with Crippen molar-refractivity contribution in [2.75, 3.05) is 6.79 Å². The van der Waals surface area contributed by atoms with Gasteiger partial charge in [0.05, 0.1) is 18.0 Å². The summed E-state index contributed by atoms with van der Waals surface area (Å²) in [4.78, 5) is 0. The third kappa shape index (κ3) is 2.27. The zero-order valence-corrected chi connectivity index (χ0v) is 10.9. The van der Waals surface area contributed by atoms with Crippen LogP contribution in [0.15, 0.2) is 46.7 Å². The summed E-state index contributed by atoms with van der Waals surface area (Å²) in [6, 6.07) is 11.0. The van der Waals surface area contributed by atoms with E-state index in [0.717, 1.165) is 16.7 Å². The number of rotatable bonds is 3. The molecule has 106 valence electrons. The summed E-state index contributed by atoms with van der Waals surface area (Å²) in [6.07, 6.45) is 2.65. The van der Waals surface area contributed by atoms with Gasteiger partial charge in [-0.05, 0) is 23.3 Å². The summed E-state index contributed by atoms with van der Waals surface area (Å²) >= 11 is 0. The average molecular weight is 284 g/mol. The second kappa shape index (κ2) is 5.54. The minimum atomic E-state index is 0.130. The Bertz CT molecular complexity index is 726. The second-order valence-corrected chi connectivity index (χ2v) is 4.34. The summed E-state index contributed by atoms with van der Waals surface area (Å²) < 4.78 is 10.8. The highest BCUT2D eigenvalue weighted by Crippen LogP contribution is 2.40. The van der Waals surface area contributed by atoms with Crippen LogP contribution in [0.4, 0.5) is 0 Å². The van der Waals surface area contributed by atoms with Crippen LogP contribution in [-0.2, 0) is 0 Å². The van der Waals surface area contributed by atoms with Gasteiger partial charge in [0.25, 0.3) is 0 Å². The van der Waals surface area contributed by atoms with Crippen LogP contribution in [0, 0.1) is 0 Å². The van der Waals surface area contributed by atoms with Gasteiger partial charge in [0, 0.05) is 5.56 Å². The maximum Gasteiger partial charge on any atom is 0.231 e. The van der Waals surface area contributed by atoms with Crippen LogP contribution in [-0.4, -0.2) is 29.6 Å². The van der Waals surface area contributed by atoms with Gasteiger partial charge in [-0.3, -0.25) is 0 Å². The number of hydrogen-bond donors (Lipinski definition) is 2. The Morgan fingerprint density at radius 3 is 2.52 bits per heavy atom. The fourth-order valence-electron chi connectivity index (χ4n) is 2.33. The van der Waals surface area contributed by atoms with Crippen molar-refractivity contribution in [1.82, 2.24) is 0 Å². The molecule has 1 aliphatic heterocycles. The van der Waals surface area contributed by atoms with Crippen molar-refractivity contribution in [2.24, 2.45) is 10.3 Å². The lowest BCUT2D eigenvalue weighted by molar-refractivity contribution is 0.174. The molecular weight excluding hydrogens is 272 g/mol. The molecule has 1 aliphatic rings. The van der Waals surface area contributed by atoms with Crippen LogP contribution in [0.5, 0.6) is 11.5 Å². The Labute approximate surface area is 120 Å². The van der Waals surface area contributed by atoms with E-state index in [1.807, 2.05) is 30.3 Å². The van der Waals surface area contributed by atoms with Crippen molar-refractivity contribution in [2.45, 2.75) is 0 Å². The van der Waals surface area contributed by atoms with E-state index in [1.165, 1.54) is 12.4 Å². The highest BCUT2D eigenvalue weighted by Gasteiger charge is 2.21. The molecule has 2 aromatic carbocycles. The zero-order valence-electron chi connectivity index (χ0n) is 10.9. The third-order valence-electron chi connectivity index (χ3n) is 3.21. The average Bonchev–Trinajstić information content (AvgIpc) is 2.98. The molecule has 0 saturated carbocycles. The fraction of sp³-hybridized carbons (Fsp3) is 0.0667. The topological polar surface area (TPSA) is 83.6 Å². The minimum absolute atomic E-state index is 0.130. The van der Waals surface area contributed by atoms with Crippen molar-refractivity contribution in [3.05, 3.63) is 47.5 Å². The minimum Gasteiger partial charge on any atom is -0.454 e. The van der Waals surface area contributed by atoms with Crippen LogP contribution in [0.25, 0.3) is 11.1 Å². The lowest BCUT2D eigenvalue weighted by Crippen LogP contribution is -1.96. The van der Waals surface area contributed by atoms with E-state index in [9.17, 15) is 0 Å². The van der Waals surface area contributed by atoms with Crippen LogP contribution in [0.3, 0.4) is 0 Å². The Morgan fingerprint density at radius 1 is 0.905 bits per heavy atom. The summed E-state index contributed by atoms with van der Waals surface area (Å²) in [6.45, 7) is 0.130. The zero-order chi connectivity index (χ0) is 14.7. The third-order valence-corrected chi connectivity index (χ3v) is 3.21. The molecule has 0 aromatic heterocycles. The molecule has 6 heteroatoms. The van der Waals surface area contributed by atoms with Crippen molar-refractivity contribution < 1.29 is 19.9 Å². The molecule has 0 aliphatic carbocycles. The Morgan fingerprint density at radius 2 is 1.71 bits per heavy atom. The highest BCUT2D eigenvalue weighted by molar-refractivity contribution is 5.99. The predicted octanol–water partition coefficient (Wildman–Crippen LogP) is 2.70. The van der Waals surface area contributed by atoms with Crippen molar-refractivity contribution in [3.8, 4) is 22.6 Å². The molecular formula is C15H12N2O4. The van der Waals surface area contributed by atoms with Gasteiger partial charge in [-0.2, -0.15) is 0 Å². The van der Waals surface area contributed by atoms with Gasteiger partial charge in [0.1, 0.15) is 0 Å². The molecule has 0 radical (unpaired) electrons.